The molecule has 2 aromatic carbocycles. The molecule has 0 aliphatic rings. The zero-order valence-corrected chi connectivity index (χ0v) is 15.5. The third-order valence-electron chi connectivity index (χ3n) is 4.53. The van der Waals surface area contributed by atoms with Crippen molar-refractivity contribution in [3.05, 3.63) is 70.8 Å². The molecule has 0 heterocycles. The molecular formula is C22H26F4O. The standard InChI is InChI=1S/C22H26F4O/c23-19-13-7-11-17(21(19)25)9-3-1-5-15-27-16-6-2-4-10-18-12-8-14-20(24)22(18)26/h7-8,11-14H,1-6,9-10,15-16H2. The molecule has 0 radical (unpaired) electrons. The first-order chi connectivity index (χ1) is 13.1. The van der Waals surface area contributed by atoms with Crippen molar-refractivity contribution in [3.63, 3.8) is 0 Å². The maximum absolute atomic E-state index is 13.5. The van der Waals surface area contributed by atoms with Crippen LogP contribution in [0, 0.1) is 23.3 Å². The second-order valence-electron chi connectivity index (χ2n) is 6.66. The van der Waals surface area contributed by atoms with Crippen LogP contribution in [0.1, 0.15) is 49.7 Å². The zero-order valence-electron chi connectivity index (χ0n) is 15.5. The molecule has 0 aromatic heterocycles. The molecule has 0 unspecified atom stereocenters. The summed E-state index contributed by atoms with van der Waals surface area (Å²) in [4.78, 5) is 0. The Hall–Kier alpha value is -1.88. The fourth-order valence-electron chi connectivity index (χ4n) is 2.98. The lowest BCUT2D eigenvalue weighted by molar-refractivity contribution is 0.126. The molecule has 2 aromatic rings. The van der Waals surface area contributed by atoms with E-state index in [1.807, 2.05) is 0 Å². The first-order valence-corrected chi connectivity index (χ1v) is 9.53. The molecular weight excluding hydrogens is 356 g/mol. The largest absolute Gasteiger partial charge is 0.381 e. The summed E-state index contributed by atoms with van der Waals surface area (Å²) in [5.74, 6) is -3.08. The number of rotatable bonds is 12. The molecule has 5 heteroatoms. The van der Waals surface area contributed by atoms with E-state index in [9.17, 15) is 17.6 Å². The van der Waals surface area contributed by atoms with E-state index in [4.69, 9.17) is 4.74 Å². The van der Waals surface area contributed by atoms with Gasteiger partial charge < -0.3 is 4.74 Å². The van der Waals surface area contributed by atoms with Crippen LogP contribution < -0.4 is 0 Å². The van der Waals surface area contributed by atoms with Crippen molar-refractivity contribution in [2.75, 3.05) is 13.2 Å². The topological polar surface area (TPSA) is 9.23 Å². The minimum atomic E-state index is -0.795. The van der Waals surface area contributed by atoms with Crippen molar-refractivity contribution in [2.45, 2.75) is 51.4 Å². The second-order valence-corrected chi connectivity index (χ2v) is 6.66. The van der Waals surface area contributed by atoms with E-state index < -0.39 is 23.3 Å². The number of benzene rings is 2. The minimum Gasteiger partial charge on any atom is -0.381 e. The number of aryl methyl sites for hydroxylation is 2. The number of hydrogen-bond acceptors (Lipinski definition) is 1. The Morgan fingerprint density at radius 1 is 0.556 bits per heavy atom. The van der Waals surface area contributed by atoms with Gasteiger partial charge in [-0.2, -0.15) is 0 Å². The minimum absolute atomic E-state index is 0.422. The number of halogens is 4. The number of unbranched alkanes of at least 4 members (excludes halogenated alkanes) is 4. The third kappa shape index (κ3) is 7.33. The smallest absolute Gasteiger partial charge is 0.162 e. The first-order valence-electron chi connectivity index (χ1n) is 9.53. The summed E-state index contributed by atoms with van der Waals surface area (Å²) in [7, 11) is 0. The highest BCUT2D eigenvalue weighted by atomic mass is 19.2. The van der Waals surface area contributed by atoms with Crippen LogP contribution >= 0.6 is 0 Å². The zero-order chi connectivity index (χ0) is 19.5. The predicted molar refractivity (Wildman–Crippen MR) is 98.6 cm³/mol. The van der Waals surface area contributed by atoms with Crippen molar-refractivity contribution in [3.8, 4) is 0 Å². The van der Waals surface area contributed by atoms with E-state index in [1.54, 1.807) is 12.1 Å². The highest BCUT2D eigenvalue weighted by Crippen LogP contribution is 2.15. The Bertz CT molecular complexity index is 643. The van der Waals surface area contributed by atoms with Crippen LogP contribution in [0.25, 0.3) is 0 Å². The van der Waals surface area contributed by atoms with Gasteiger partial charge in [0.15, 0.2) is 23.3 Å². The molecule has 148 valence electrons. The predicted octanol–water partition coefficient (Wildman–Crippen LogP) is 6.39. The first kappa shape index (κ1) is 21.4. The number of ether oxygens (including phenoxy) is 1. The van der Waals surface area contributed by atoms with Crippen molar-refractivity contribution < 1.29 is 22.3 Å². The maximum Gasteiger partial charge on any atom is 0.162 e. The second kappa shape index (κ2) is 11.8. The molecule has 0 aliphatic carbocycles. The van der Waals surface area contributed by atoms with Crippen molar-refractivity contribution in [2.24, 2.45) is 0 Å². The third-order valence-corrected chi connectivity index (χ3v) is 4.53. The van der Waals surface area contributed by atoms with E-state index in [-0.39, 0.29) is 0 Å². The van der Waals surface area contributed by atoms with Gasteiger partial charge in [-0.25, -0.2) is 17.6 Å². The van der Waals surface area contributed by atoms with Crippen molar-refractivity contribution in [1.29, 1.82) is 0 Å². The molecule has 0 spiro atoms. The Morgan fingerprint density at radius 2 is 1.00 bits per heavy atom. The Balaban J connectivity index is 1.45. The molecule has 0 N–H and O–H groups in total. The average Bonchev–Trinajstić information content (AvgIpc) is 2.66. The van der Waals surface area contributed by atoms with Crippen LogP contribution in [-0.4, -0.2) is 13.2 Å². The molecule has 0 saturated carbocycles. The van der Waals surface area contributed by atoms with E-state index in [1.165, 1.54) is 12.1 Å². The van der Waals surface area contributed by atoms with Crippen molar-refractivity contribution >= 4 is 0 Å². The van der Waals surface area contributed by atoms with Gasteiger partial charge in [0.25, 0.3) is 0 Å². The van der Waals surface area contributed by atoms with Crippen LogP contribution in [0.2, 0.25) is 0 Å². The van der Waals surface area contributed by atoms with E-state index in [0.717, 1.165) is 50.7 Å². The molecule has 0 aliphatic heterocycles. The highest BCUT2D eigenvalue weighted by Gasteiger charge is 2.07. The highest BCUT2D eigenvalue weighted by molar-refractivity contribution is 5.19. The van der Waals surface area contributed by atoms with Gasteiger partial charge in [0.2, 0.25) is 0 Å². The van der Waals surface area contributed by atoms with Gasteiger partial charge in [0.1, 0.15) is 0 Å². The van der Waals surface area contributed by atoms with Crippen LogP contribution in [0.5, 0.6) is 0 Å². The summed E-state index contributed by atoms with van der Waals surface area (Å²) in [6.07, 6.45) is 6.20. The van der Waals surface area contributed by atoms with Gasteiger partial charge in [-0.3, -0.25) is 0 Å². The number of hydrogen-bond donors (Lipinski definition) is 0. The molecule has 0 fully saturated rings. The summed E-state index contributed by atoms with van der Waals surface area (Å²) in [5, 5.41) is 0. The van der Waals surface area contributed by atoms with E-state index in [2.05, 4.69) is 0 Å². The maximum atomic E-state index is 13.5. The summed E-state index contributed by atoms with van der Waals surface area (Å²) in [6.45, 7) is 1.29. The summed E-state index contributed by atoms with van der Waals surface area (Å²) in [6, 6.07) is 8.54. The summed E-state index contributed by atoms with van der Waals surface area (Å²) >= 11 is 0. The Morgan fingerprint density at radius 3 is 1.44 bits per heavy atom. The summed E-state index contributed by atoms with van der Waals surface area (Å²) < 4.78 is 58.7. The molecule has 0 amide bonds. The van der Waals surface area contributed by atoms with Gasteiger partial charge >= 0.3 is 0 Å². The van der Waals surface area contributed by atoms with Crippen LogP contribution in [0.3, 0.4) is 0 Å². The Kier molecular flexibility index (Phi) is 9.32. The lowest BCUT2D eigenvalue weighted by Gasteiger charge is -2.06. The fraction of sp³-hybridized carbons (Fsp3) is 0.455. The lowest BCUT2D eigenvalue weighted by Crippen LogP contribution is -1.99. The quantitative estimate of drug-likeness (QED) is 0.305. The van der Waals surface area contributed by atoms with Gasteiger partial charge in [-0.1, -0.05) is 37.1 Å². The molecule has 0 bridgehead atoms. The van der Waals surface area contributed by atoms with Crippen LogP contribution in [0.4, 0.5) is 17.6 Å². The average molecular weight is 382 g/mol. The van der Waals surface area contributed by atoms with E-state index in [0.29, 0.717) is 37.2 Å². The fourth-order valence-corrected chi connectivity index (χ4v) is 2.98. The molecule has 27 heavy (non-hydrogen) atoms. The van der Waals surface area contributed by atoms with Gasteiger partial charge in [-0.05, 0) is 61.8 Å². The summed E-state index contributed by atoms with van der Waals surface area (Å²) in [5.41, 5.74) is 0.844. The normalized spacial score (nSPS) is 11.1. The molecule has 1 nitrogen and oxygen atoms in total. The Labute approximate surface area is 158 Å². The monoisotopic (exact) mass is 382 g/mol. The van der Waals surface area contributed by atoms with Gasteiger partial charge in [0, 0.05) is 13.2 Å². The van der Waals surface area contributed by atoms with Gasteiger partial charge in [-0.15, -0.1) is 0 Å². The SMILES string of the molecule is Fc1cccc(CCCCCOCCCCCc2cccc(F)c2F)c1F. The van der Waals surface area contributed by atoms with Gasteiger partial charge in [0.05, 0.1) is 0 Å². The van der Waals surface area contributed by atoms with E-state index >= 15 is 0 Å². The molecule has 0 atom stereocenters. The van der Waals surface area contributed by atoms with Crippen LogP contribution in [0.15, 0.2) is 36.4 Å². The lowest BCUT2D eigenvalue weighted by atomic mass is 10.1. The van der Waals surface area contributed by atoms with Crippen LogP contribution in [-0.2, 0) is 17.6 Å². The van der Waals surface area contributed by atoms with Crippen molar-refractivity contribution in [1.82, 2.24) is 0 Å². The molecule has 2 rings (SSSR count). The molecule has 0 saturated heterocycles.